The smallest absolute Gasteiger partial charge is 0.0475 e. The van der Waals surface area contributed by atoms with Crippen LogP contribution in [0.15, 0.2) is 18.2 Å². The molecule has 1 saturated heterocycles. The van der Waals surface area contributed by atoms with Gasteiger partial charge >= 0.3 is 0 Å². The third-order valence-electron chi connectivity index (χ3n) is 4.34. The molecule has 0 spiro atoms. The molecule has 0 saturated carbocycles. The molecule has 0 atom stereocenters. The monoisotopic (exact) mass is 260 g/mol. The molecule has 1 aromatic rings. The van der Waals surface area contributed by atoms with Crippen molar-refractivity contribution in [3.8, 4) is 0 Å². The number of nitrogens with one attached hydrogen (secondary N) is 1. The Bertz CT molecular complexity index is 422. The number of anilines is 1. The fraction of sp³-hybridized carbons (Fsp3) is 0.647. The Kier molecular flexibility index (Phi) is 3.65. The van der Waals surface area contributed by atoms with Crippen molar-refractivity contribution in [1.29, 1.82) is 0 Å². The molecular formula is C17H28N2. The molecule has 0 aliphatic carbocycles. The first-order valence-electron chi connectivity index (χ1n) is 7.33. The Labute approximate surface area is 118 Å². The Hall–Kier alpha value is -1.02. The van der Waals surface area contributed by atoms with Crippen LogP contribution in [0.25, 0.3) is 0 Å². The van der Waals surface area contributed by atoms with Gasteiger partial charge in [-0.2, -0.15) is 0 Å². The molecule has 19 heavy (non-hydrogen) atoms. The van der Waals surface area contributed by atoms with Gasteiger partial charge in [0.25, 0.3) is 0 Å². The number of hydrogen-bond donors (Lipinski definition) is 1. The van der Waals surface area contributed by atoms with Gasteiger partial charge in [0.15, 0.2) is 0 Å². The van der Waals surface area contributed by atoms with Crippen molar-refractivity contribution in [2.45, 2.75) is 59.0 Å². The van der Waals surface area contributed by atoms with E-state index in [1.807, 2.05) is 0 Å². The van der Waals surface area contributed by atoms with E-state index < -0.39 is 0 Å². The van der Waals surface area contributed by atoms with Crippen LogP contribution in [0.1, 0.15) is 45.2 Å². The zero-order valence-electron chi connectivity index (χ0n) is 13.3. The molecule has 0 unspecified atom stereocenters. The van der Waals surface area contributed by atoms with E-state index in [1.54, 1.807) is 0 Å². The van der Waals surface area contributed by atoms with Crippen LogP contribution in [-0.2, 0) is 0 Å². The number of nitrogens with zero attached hydrogens (tertiary/aromatic N) is 1. The molecule has 1 N–H and O–H groups in total. The van der Waals surface area contributed by atoms with Gasteiger partial charge in [0.05, 0.1) is 0 Å². The second-order valence-corrected chi connectivity index (χ2v) is 7.13. The summed E-state index contributed by atoms with van der Waals surface area (Å²) >= 11 is 0. The minimum absolute atomic E-state index is 0.122. The van der Waals surface area contributed by atoms with Gasteiger partial charge in [-0.15, -0.1) is 0 Å². The number of aryl methyl sites for hydroxylation is 2. The fourth-order valence-electron chi connectivity index (χ4n) is 3.56. The van der Waals surface area contributed by atoms with Gasteiger partial charge in [0.1, 0.15) is 0 Å². The van der Waals surface area contributed by atoms with Gasteiger partial charge < -0.3 is 10.2 Å². The first-order chi connectivity index (χ1) is 8.76. The Morgan fingerprint density at radius 1 is 1.00 bits per heavy atom. The van der Waals surface area contributed by atoms with Gasteiger partial charge in [0.2, 0.25) is 0 Å². The van der Waals surface area contributed by atoms with Gasteiger partial charge in [-0.25, -0.2) is 0 Å². The third-order valence-corrected chi connectivity index (χ3v) is 4.34. The maximum absolute atomic E-state index is 3.59. The molecule has 2 rings (SSSR count). The molecule has 0 radical (unpaired) electrons. The maximum atomic E-state index is 3.59. The van der Waals surface area contributed by atoms with E-state index in [0.717, 1.165) is 13.1 Å². The summed E-state index contributed by atoms with van der Waals surface area (Å²) in [5.41, 5.74) is 4.47. The number of hydrogen-bond acceptors (Lipinski definition) is 2. The summed E-state index contributed by atoms with van der Waals surface area (Å²) in [6, 6.07) is 6.61. The number of rotatable bonds is 1. The Morgan fingerprint density at radius 3 is 2.16 bits per heavy atom. The second kappa shape index (κ2) is 4.82. The van der Waals surface area contributed by atoms with Crippen molar-refractivity contribution in [3.05, 3.63) is 29.3 Å². The molecule has 0 aromatic heterocycles. The lowest BCUT2D eigenvalue weighted by Crippen LogP contribution is -2.57. The molecule has 0 bridgehead atoms. The average Bonchev–Trinajstić information content (AvgIpc) is 2.38. The normalized spacial score (nSPS) is 22.1. The maximum Gasteiger partial charge on any atom is 0.0475 e. The highest BCUT2D eigenvalue weighted by molar-refractivity contribution is 5.62. The van der Waals surface area contributed by atoms with Crippen molar-refractivity contribution in [1.82, 2.24) is 5.32 Å². The number of benzene rings is 1. The molecule has 1 heterocycles. The van der Waals surface area contributed by atoms with Gasteiger partial charge in [-0.05, 0) is 65.6 Å². The summed E-state index contributed by atoms with van der Waals surface area (Å²) in [6.45, 7) is 16.0. The quantitative estimate of drug-likeness (QED) is 0.829. The topological polar surface area (TPSA) is 15.3 Å². The molecule has 0 amide bonds. The minimum Gasteiger partial charge on any atom is -0.360 e. The lowest BCUT2D eigenvalue weighted by molar-refractivity contribution is 0.356. The zero-order chi connectivity index (χ0) is 14.3. The summed E-state index contributed by atoms with van der Waals surface area (Å²) in [5, 5.41) is 3.59. The standard InChI is InChI=1S/C17H28N2/c1-13-8-7-9-14(2)15(13)19-16(3,4)10-11-18-12-17(19,5)6/h7-9,18H,10-12H2,1-6H3. The second-order valence-electron chi connectivity index (χ2n) is 7.13. The van der Waals surface area contributed by atoms with Crippen LogP contribution in [-0.4, -0.2) is 24.2 Å². The van der Waals surface area contributed by atoms with Gasteiger partial charge in [-0.1, -0.05) is 18.2 Å². The number of para-hydroxylation sites is 1. The van der Waals surface area contributed by atoms with Crippen molar-refractivity contribution in [2.75, 3.05) is 18.0 Å². The van der Waals surface area contributed by atoms with E-state index in [2.05, 4.69) is 70.0 Å². The predicted octanol–water partition coefficient (Wildman–Crippen LogP) is 3.66. The third kappa shape index (κ3) is 2.64. The van der Waals surface area contributed by atoms with Crippen LogP contribution in [0.4, 0.5) is 5.69 Å². The van der Waals surface area contributed by atoms with E-state index in [9.17, 15) is 0 Å². The van der Waals surface area contributed by atoms with E-state index in [1.165, 1.54) is 23.2 Å². The Balaban J connectivity index is 2.60. The molecule has 1 aliphatic heterocycles. The van der Waals surface area contributed by atoms with Crippen molar-refractivity contribution in [2.24, 2.45) is 0 Å². The van der Waals surface area contributed by atoms with Crippen LogP contribution >= 0.6 is 0 Å². The lowest BCUT2D eigenvalue weighted by Gasteiger charge is -2.50. The molecule has 2 heteroatoms. The van der Waals surface area contributed by atoms with Gasteiger partial charge in [-0.3, -0.25) is 0 Å². The summed E-state index contributed by atoms with van der Waals surface area (Å²) < 4.78 is 0. The summed E-state index contributed by atoms with van der Waals surface area (Å²) in [5.74, 6) is 0. The average molecular weight is 260 g/mol. The van der Waals surface area contributed by atoms with E-state index >= 15 is 0 Å². The van der Waals surface area contributed by atoms with Crippen molar-refractivity contribution in [3.63, 3.8) is 0 Å². The van der Waals surface area contributed by atoms with E-state index in [4.69, 9.17) is 0 Å². The predicted molar refractivity (Wildman–Crippen MR) is 84.0 cm³/mol. The van der Waals surface area contributed by atoms with Crippen LogP contribution in [0, 0.1) is 13.8 Å². The SMILES string of the molecule is Cc1cccc(C)c1N1C(C)(C)CCNCC1(C)C. The fourth-order valence-corrected chi connectivity index (χ4v) is 3.56. The van der Waals surface area contributed by atoms with Crippen LogP contribution in [0.5, 0.6) is 0 Å². The molecule has 1 aromatic carbocycles. The first kappa shape index (κ1) is 14.4. The molecule has 106 valence electrons. The molecule has 2 nitrogen and oxygen atoms in total. The van der Waals surface area contributed by atoms with E-state index in [-0.39, 0.29) is 11.1 Å². The zero-order valence-corrected chi connectivity index (χ0v) is 13.3. The largest absolute Gasteiger partial charge is 0.360 e. The molecule has 1 fully saturated rings. The van der Waals surface area contributed by atoms with E-state index in [0.29, 0.717) is 0 Å². The van der Waals surface area contributed by atoms with Crippen LogP contribution in [0.2, 0.25) is 0 Å². The Morgan fingerprint density at radius 2 is 1.58 bits per heavy atom. The molecule has 1 aliphatic rings. The van der Waals surface area contributed by atoms with Crippen LogP contribution < -0.4 is 10.2 Å². The highest BCUT2D eigenvalue weighted by Gasteiger charge is 2.40. The van der Waals surface area contributed by atoms with Crippen molar-refractivity contribution < 1.29 is 0 Å². The highest BCUT2D eigenvalue weighted by Crippen LogP contribution is 2.38. The summed E-state index contributed by atoms with van der Waals surface area (Å²) in [4.78, 5) is 2.64. The van der Waals surface area contributed by atoms with Gasteiger partial charge in [0, 0.05) is 23.3 Å². The summed E-state index contributed by atoms with van der Waals surface area (Å²) in [6.07, 6.45) is 1.17. The minimum atomic E-state index is 0.122. The van der Waals surface area contributed by atoms with Crippen LogP contribution in [0.3, 0.4) is 0 Å². The molecular weight excluding hydrogens is 232 g/mol. The lowest BCUT2D eigenvalue weighted by atomic mass is 9.89. The first-order valence-corrected chi connectivity index (χ1v) is 7.33. The van der Waals surface area contributed by atoms with Crippen molar-refractivity contribution >= 4 is 5.69 Å². The summed E-state index contributed by atoms with van der Waals surface area (Å²) in [7, 11) is 0. The highest BCUT2D eigenvalue weighted by atomic mass is 15.3.